The summed E-state index contributed by atoms with van der Waals surface area (Å²) in [5.74, 6) is 1.84. The van der Waals surface area contributed by atoms with Crippen molar-refractivity contribution in [1.29, 1.82) is 0 Å². The molecule has 1 aromatic carbocycles. The Labute approximate surface area is 187 Å². The molecule has 1 aliphatic rings. The van der Waals surface area contributed by atoms with E-state index < -0.39 is 0 Å². The lowest BCUT2D eigenvalue weighted by Gasteiger charge is -2.36. The molecule has 0 aliphatic carbocycles. The van der Waals surface area contributed by atoms with Crippen molar-refractivity contribution in [3.05, 3.63) is 46.6 Å². The van der Waals surface area contributed by atoms with E-state index in [0.717, 1.165) is 11.5 Å². The average Bonchev–Trinajstić information content (AvgIpc) is 3.24. The fourth-order valence-electron chi connectivity index (χ4n) is 3.42. The van der Waals surface area contributed by atoms with Gasteiger partial charge in [-0.05, 0) is 31.5 Å². The molecule has 0 saturated carbocycles. The molecule has 2 heterocycles. The van der Waals surface area contributed by atoms with Crippen molar-refractivity contribution in [1.82, 2.24) is 25.3 Å². The second-order valence-electron chi connectivity index (χ2n) is 7.22. The zero-order valence-corrected chi connectivity index (χ0v) is 18.9. The van der Waals surface area contributed by atoms with Crippen molar-refractivity contribution < 1.29 is 14.1 Å². The highest BCUT2D eigenvalue weighted by atomic mass is 35.5. The molecular weight excluding hydrogens is 420 g/mol. The minimum absolute atomic E-state index is 0.103. The molecule has 1 atom stereocenters. The maximum Gasteiger partial charge on any atom is 0.246 e. The molecule has 1 amide bonds. The van der Waals surface area contributed by atoms with Gasteiger partial charge in [0.2, 0.25) is 11.8 Å². The highest BCUT2D eigenvalue weighted by Crippen LogP contribution is 2.14. The molecule has 10 heteroatoms. The van der Waals surface area contributed by atoms with Crippen molar-refractivity contribution >= 4 is 23.5 Å². The second kappa shape index (κ2) is 11.1. The van der Waals surface area contributed by atoms with Gasteiger partial charge < -0.3 is 24.4 Å². The van der Waals surface area contributed by atoms with Gasteiger partial charge >= 0.3 is 0 Å². The molecule has 2 aromatic rings. The normalized spacial score (nSPS) is 15.8. The molecule has 1 unspecified atom stereocenters. The topological polar surface area (TPSA) is 96.1 Å². The molecule has 31 heavy (non-hydrogen) atoms. The summed E-state index contributed by atoms with van der Waals surface area (Å²) in [5, 5.41) is 7.86. The highest BCUT2D eigenvalue weighted by Gasteiger charge is 2.23. The monoisotopic (exact) mass is 448 g/mol. The quantitative estimate of drug-likeness (QED) is 0.512. The van der Waals surface area contributed by atoms with Gasteiger partial charge in [-0.2, -0.15) is 4.98 Å². The summed E-state index contributed by atoms with van der Waals surface area (Å²) in [6, 6.07) is 7.42. The molecule has 9 nitrogen and oxygen atoms in total. The molecule has 0 spiro atoms. The van der Waals surface area contributed by atoms with Crippen LogP contribution in [-0.2, 0) is 22.5 Å². The molecule has 1 aromatic heterocycles. The lowest BCUT2D eigenvalue weighted by Crippen LogP contribution is -2.53. The predicted molar refractivity (Wildman–Crippen MR) is 118 cm³/mol. The van der Waals surface area contributed by atoms with Crippen LogP contribution in [0.3, 0.4) is 0 Å². The minimum Gasteiger partial charge on any atom is -0.371 e. The minimum atomic E-state index is -0.209. The van der Waals surface area contributed by atoms with Crippen molar-refractivity contribution in [3.63, 3.8) is 0 Å². The number of nitrogens with one attached hydrogen (secondary N) is 1. The van der Waals surface area contributed by atoms with E-state index >= 15 is 0 Å². The van der Waals surface area contributed by atoms with Crippen LogP contribution >= 0.6 is 11.6 Å². The van der Waals surface area contributed by atoms with E-state index in [4.69, 9.17) is 20.9 Å². The number of carbonyl (C=O) groups is 1. The number of hydrogen-bond donors (Lipinski definition) is 1. The van der Waals surface area contributed by atoms with Gasteiger partial charge in [-0.25, -0.2) is 0 Å². The third-order valence-corrected chi connectivity index (χ3v) is 5.28. The number of carbonyl (C=O) groups excluding carboxylic acids is 1. The molecular formula is C21H29ClN6O3. The molecule has 0 radical (unpaired) electrons. The first kappa shape index (κ1) is 23.0. The number of aliphatic imine (C=N–C) groups is 1. The number of amides is 1. The number of rotatable bonds is 7. The largest absolute Gasteiger partial charge is 0.371 e. The molecule has 1 saturated heterocycles. The molecule has 1 aliphatic heterocycles. The first-order valence-corrected chi connectivity index (χ1v) is 10.8. The zero-order valence-electron chi connectivity index (χ0n) is 18.2. The van der Waals surface area contributed by atoms with Crippen molar-refractivity contribution in [2.75, 3.05) is 39.8 Å². The second-order valence-corrected chi connectivity index (χ2v) is 7.66. The fraction of sp³-hybridized carbons (Fsp3) is 0.524. The standard InChI is InChI=1S/C21H29ClN6O3/c1-4-30-15(2)20-25-18(31-26-20)14-24-21(23-3)28-10-8-27(9-11-28)19(29)13-16-6-5-7-17(22)12-16/h5-7,12,15H,4,8-11,13-14H2,1-3H3,(H,23,24). The van der Waals surface area contributed by atoms with Gasteiger partial charge in [0.15, 0.2) is 11.8 Å². The van der Waals surface area contributed by atoms with E-state index in [1.807, 2.05) is 43.0 Å². The Balaban J connectivity index is 1.47. The zero-order chi connectivity index (χ0) is 22.2. The maximum absolute atomic E-state index is 12.6. The summed E-state index contributed by atoms with van der Waals surface area (Å²) in [7, 11) is 1.73. The number of halogens is 1. The van der Waals surface area contributed by atoms with Gasteiger partial charge in [-0.15, -0.1) is 0 Å². The Hall–Kier alpha value is -2.65. The molecule has 168 valence electrons. The Morgan fingerprint density at radius 3 is 2.74 bits per heavy atom. The number of hydrogen-bond acceptors (Lipinski definition) is 6. The van der Waals surface area contributed by atoms with Crippen LogP contribution in [0, 0.1) is 0 Å². The summed E-state index contributed by atoms with van der Waals surface area (Å²) >= 11 is 6.02. The van der Waals surface area contributed by atoms with E-state index in [9.17, 15) is 4.79 Å². The van der Waals surface area contributed by atoms with Gasteiger partial charge in [-0.3, -0.25) is 9.79 Å². The molecule has 1 fully saturated rings. The van der Waals surface area contributed by atoms with Gasteiger partial charge in [-0.1, -0.05) is 28.9 Å². The fourth-order valence-corrected chi connectivity index (χ4v) is 3.63. The molecule has 3 rings (SSSR count). The maximum atomic E-state index is 12.6. The number of ether oxygens (including phenoxy) is 1. The van der Waals surface area contributed by atoms with Crippen molar-refractivity contribution in [3.8, 4) is 0 Å². The van der Waals surface area contributed by atoms with Gasteiger partial charge in [0.1, 0.15) is 6.10 Å². The third-order valence-electron chi connectivity index (χ3n) is 5.05. The molecule has 1 N–H and O–H groups in total. The third kappa shape index (κ3) is 6.41. The number of piperazine rings is 1. The van der Waals surface area contributed by atoms with E-state index in [0.29, 0.717) is 62.5 Å². The van der Waals surface area contributed by atoms with E-state index in [1.165, 1.54) is 0 Å². The SMILES string of the molecule is CCOC(C)c1noc(CNC(=NC)N2CCN(C(=O)Cc3cccc(Cl)c3)CC2)n1. The Morgan fingerprint density at radius 2 is 2.06 bits per heavy atom. The van der Waals surface area contributed by atoms with E-state index in [1.54, 1.807) is 7.05 Å². The van der Waals surface area contributed by atoms with Crippen LogP contribution in [0.2, 0.25) is 5.02 Å². The number of benzene rings is 1. The summed E-state index contributed by atoms with van der Waals surface area (Å²) in [6.07, 6.45) is 0.145. The summed E-state index contributed by atoms with van der Waals surface area (Å²) in [4.78, 5) is 25.3. The van der Waals surface area contributed by atoms with Crippen molar-refractivity contribution in [2.24, 2.45) is 4.99 Å². The number of aromatic nitrogens is 2. The molecule has 0 bridgehead atoms. The van der Waals surface area contributed by atoms with Crippen LogP contribution in [0.25, 0.3) is 0 Å². The van der Waals surface area contributed by atoms with Crippen LogP contribution < -0.4 is 5.32 Å². The summed E-state index contributed by atoms with van der Waals surface area (Å²) < 4.78 is 10.8. The van der Waals surface area contributed by atoms with Gasteiger partial charge in [0, 0.05) is 44.9 Å². The number of nitrogens with zero attached hydrogens (tertiary/aromatic N) is 5. The van der Waals surface area contributed by atoms with Gasteiger partial charge in [0.25, 0.3) is 0 Å². The van der Waals surface area contributed by atoms with Crippen molar-refractivity contribution in [2.45, 2.75) is 32.9 Å². The van der Waals surface area contributed by atoms with Crippen LogP contribution in [0.4, 0.5) is 0 Å². The number of guanidine groups is 1. The van der Waals surface area contributed by atoms with E-state index in [-0.39, 0.29) is 12.0 Å². The van der Waals surface area contributed by atoms with Crippen LogP contribution in [0.15, 0.2) is 33.8 Å². The first-order valence-electron chi connectivity index (χ1n) is 10.4. The highest BCUT2D eigenvalue weighted by molar-refractivity contribution is 6.30. The van der Waals surface area contributed by atoms with E-state index in [2.05, 4.69) is 25.3 Å². The van der Waals surface area contributed by atoms with Crippen LogP contribution in [0.5, 0.6) is 0 Å². The Morgan fingerprint density at radius 1 is 1.32 bits per heavy atom. The van der Waals surface area contributed by atoms with Crippen LogP contribution in [-0.4, -0.2) is 71.6 Å². The summed E-state index contributed by atoms with van der Waals surface area (Å²) in [5.41, 5.74) is 0.926. The predicted octanol–water partition coefficient (Wildman–Crippen LogP) is 2.28. The van der Waals surface area contributed by atoms with Gasteiger partial charge in [0.05, 0.1) is 13.0 Å². The average molecular weight is 449 g/mol. The first-order chi connectivity index (χ1) is 15.0. The Bertz CT molecular complexity index is 895. The van der Waals surface area contributed by atoms with Crippen LogP contribution in [0.1, 0.15) is 37.2 Å². The lowest BCUT2D eigenvalue weighted by atomic mass is 10.1. The Kier molecular flexibility index (Phi) is 8.25. The smallest absolute Gasteiger partial charge is 0.246 e. The lowest BCUT2D eigenvalue weighted by molar-refractivity contribution is -0.131. The summed E-state index contributed by atoms with van der Waals surface area (Å²) in [6.45, 7) is 7.42.